The van der Waals surface area contributed by atoms with Gasteiger partial charge in [-0.2, -0.15) is 0 Å². The average Bonchev–Trinajstić information content (AvgIpc) is 2.53. The van der Waals surface area contributed by atoms with E-state index in [4.69, 9.17) is 21.1 Å². The number of hydrogen-bond acceptors (Lipinski definition) is 4. The zero-order valence-corrected chi connectivity index (χ0v) is 13.8. The van der Waals surface area contributed by atoms with Gasteiger partial charge in [0.2, 0.25) is 0 Å². The lowest BCUT2D eigenvalue weighted by atomic mass is 10.2. The molecular weight excluding hydrogens is 314 g/mol. The van der Waals surface area contributed by atoms with Gasteiger partial charge in [0.15, 0.2) is 6.61 Å². The zero-order chi connectivity index (χ0) is 16.7. The molecule has 0 radical (unpaired) electrons. The van der Waals surface area contributed by atoms with Crippen LogP contribution in [0.25, 0.3) is 12.2 Å². The third-order valence-corrected chi connectivity index (χ3v) is 3.35. The van der Waals surface area contributed by atoms with Gasteiger partial charge in [-0.15, -0.1) is 0 Å². The molecule has 0 aliphatic carbocycles. The Kier molecular flexibility index (Phi) is 6.18. The summed E-state index contributed by atoms with van der Waals surface area (Å²) in [7, 11) is 0. The van der Waals surface area contributed by atoms with Crippen LogP contribution in [-0.4, -0.2) is 24.2 Å². The second kappa shape index (κ2) is 8.34. The van der Waals surface area contributed by atoms with Crippen LogP contribution in [-0.2, 0) is 9.53 Å². The van der Waals surface area contributed by atoms with Gasteiger partial charge < -0.3 is 9.47 Å². The SMILES string of the molecule is CCOC(=O)COc1ccc(C)nc1/C=C/c1ccccc1Cl. The predicted molar refractivity (Wildman–Crippen MR) is 91.5 cm³/mol. The number of carbonyl (C=O) groups is 1. The second-order valence-electron chi connectivity index (χ2n) is 4.78. The molecule has 1 aromatic carbocycles. The fourth-order valence-electron chi connectivity index (χ4n) is 1.92. The summed E-state index contributed by atoms with van der Waals surface area (Å²) < 4.78 is 10.4. The Morgan fingerprint density at radius 2 is 2.00 bits per heavy atom. The number of nitrogens with zero attached hydrogens (tertiary/aromatic N) is 1. The standard InChI is InChI=1S/C18H18ClNO3/c1-3-22-18(21)12-23-17-11-8-13(2)20-16(17)10-9-14-6-4-5-7-15(14)19/h4-11H,3,12H2,1-2H3/b10-9+. The summed E-state index contributed by atoms with van der Waals surface area (Å²) >= 11 is 6.13. The van der Waals surface area contributed by atoms with Gasteiger partial charge in [-0.25, -0.2) is 9.78 Å². The molecule has 0 saturated carbocycles. The van der Waals surface area contributed by atoms with E-state index in [9.17, 15) is 4.79 Å². The van der Waals surface area contributed by atoms with Crippen LogP contribution in [0.5, 0.6) is 5.75 Å². The smallest absolute Gasteiger partial charge is 0.344 e. The molecule has 23 heavy (non-hydrogen) atoms. The molecule has 0 aliphatic rings. The van der Waals surface area contributed by atoms with Gasteiger partial charge in [-0.05, 0) is 43.7 Å². The molecular formula is C18H18ClNO3. The van der Waals surface area contributed by atoms with E-state index in [2.05, 4.69) is 4.98 Å². The first-order chi connectivity index (χ1) is 11.1. The van der Waals surface area contributed by atoms with Crippen molar-refractivity contribution >= 4 is 29.7 Å². The van der Waals surface area contributed by atoms with Crippen molar-refractivity contribution in [3.63, 3.8) is 0 Å². The van der Waals surface area contributed by atoms with Crippen LogP contribution in [0.1, 0.15) is 23.9 Å². The maximum absolute atomic E-state index is 11.4. The lowest BCUT2D eigenvalue weighted by Gasteiger charge is -2.09. The molecule has 120 valence electrons. The fraction of sp³-hybridized carbons (Fsp3) is 0.222. The summed E-state index contributed by atoms with van der Waals surface area (Å²) in [6.07, 6.45) is 3.68. The minimum atomic E-state index is -0.408. The van der Waals surface area contributed by atoms with Crippen molar-refractivity contribution in [2.75, 3.05) is 13.2 Å². The van der Waals surface area contributed by atoms with E-state index in [0.717, 1.165) is 11.3 Å². The van der Waals surface area contributed by atoms with Crippen molar-refractivity contribution in [3.8, 4) is 5.75 Å². The average molecular weight is 332 g/mol. The summed E-state index contributed by atoms with van der Waals surface area (Å²) in [4.78, 5) is 15.9. The maximum Gasteiger partial charge on any atom is 0.344 e. The zero-order valence-electron chi connectivity index (χ0n) is 13.1. The van der Waals surface area contributed by atoms with E-state index >= 15 is 0 Å². The molecule has 0 spiro atoms. The highest BCUT2D eigenvalue weighted by Crippen LogP contribution is 2.22. The highest BCUT2D eigenvalue weighted by Gasteiger charge is 2.07. The molecule has 4 nitrogen and oxygen atoms in total. The Bertz CT molecular complexity index is 713. The molecule has 1 aromatic heterocycles. The fourth-order valence-corrected chi connectivity index (χ4v) is 2.12. The lowest BCUT2D eigenvalue weighted by molar-refractivity contribution is -0.145. The molecule has 0 atom stereocenters. The van der Waals surface area contributed by atoms with Crippen LogP contribution in [0, 0.1) is 6.92 Å². The monoisotopic (exact) mass is 331 g/mol. The van der Waals surface area contributed by atoms with E-state index < -0.39 is 5.97 Å². The van der Waals surface area contributed by atoms with Crippen molar-refractivity contribution in [2.24, 2.45) is 0 Å². The summed E-state index contributed by atoms with van der Waals surface area (Å²) in [6, 6.07) is 11.1. The van der Waals surface area contributed by atoms with Crippen molar-refractivity contribution < 1.29 is 14.3 Å². The minimum absolute atomic E-state index is 0.147. The first kappa shape index (κ1) is 17.0. The van der Waals surface area contributed by atoms with Gasteiger partial charge in [-0.3, -0.25) is 0 Å². The topological polar surface area (TPSA) is 48.4 Å². The number of hydrogen-bond donors (Lipinski definition) is 0. The first-order valence-electron chi connectivity index (χ1n) is 7.29. The van der Waals surface area contributed by atoms with Gasteiger partial charge >= 0.3 is 5.97 Å². The molecule has 0 bridgehead atoms. The maximum atomic E-state index is 11.4. The number of rotatable bonds is 6. The summed E-state index contributed by atoms with van der Waals surface area (Å²) in [6.45, 7) is 3.82. The van der Waals surface area contributed by atoms with Crippen LogP contribution < -0.4 is 4.74 Å². The molecule has 2 aromatic rings. The Morgan fingerprint density at radius 3 is 2.74 bits per heavy atom. The first-order valence-corrected chi connectivity index (χ1v) is 7.66. The molecule has 0 unspecified atom stereocenters. The van der Waals surface area contributed by atoms with E-state index in [-0.39, 0.29) is 6.61 Å². The number of aryl methyl sites for hydroxylation is 1. The molecule has 5 heteroatoms. The molecule has 1 heterocycles. The van der Waals surface area contributed by atoms with Crippen LogP contribution in [0.2, 0.25) is 5.02 Å². The highest BCUT2D eigenvalue weighted by molar-refractivity contribution is 6.32. The molecule has 0 fully saturated rings. The van der Waals surface area contributed by atoms with E-state index in [0.29, 0.717) is 23.1 Å². The quantitative estimate of drug-likeness (QED) is 0.746. The molecule has 0 N–H and O–H groups in total. The van der Waals surface area contributed by atoms with Crippen molar-refractivity contribution in [3.05, 3.63) is 58.4 Å². The van der Waals surface area contributed by atoms with E-state index in [1.54, 1.807) is 13.0 Å². The van der Waals surface area contributed by atoms with Gasteiger partial charge in [0.25, 0.3) is 0 Å². The normalized spacial score (nSPS) is 10.7. The van der Waals surface area contributed by atoms with Crippen molar-refractivity contribution in [1.29, 1.82) is 0 Å². The predicted octanol–water partition coefficient (Wildman–Crippen LogP) is 4.16. The number of aromatic nitrogens is 1. The summed E-state index contributed by atoms with van der Waals surface area (Å²) in [5.74, 6) is 0.112. The van der Waals surface area contributed by atoms with Crippen molar-refractivity contribution in [1.82, 2.24) is 4.98 Å². The third kappa shape index (κ3) is 5.11. The summed E-state index contributed by atoms with van der Waals surface area (Å²) in [5, 5.41) is 0.658. The number of ether oxygens (including phenoxy) is 2. The van der Waals surface area contributed by atoms with Crippen LogP contribution in [0.15, 0.2) is 36.4 Å². The van der Waals surface area contributed by atoms with Gasteiger partial charge in [0, 0.05) is 10.7 Å². The van der Waals surface area contributed by atoms with Gasteiger partial charge in [0.05, 0.1) is 6.61 Å². The lowest BCUT2D eigenvalue weighted by Crippen LogP contribution is -2.15. The second-order valence-corrected chi connectivity index (χ2v) is 5.19. The Balaban J connectivity index is 2.18. The number of carbonyl (C=O) groups excluding carboxylic acids is 1. The van der Waals surface area contributed by atoms with Gasteiger partial charge in [-0.1, -0.05) is 35.9 Å². The molecule has 0 saturated heterocycles. The van der Waals surface area contributed by atoms with Gasteiger partial charge in [0.1, 0.15) is 11.4 Å². The molecule has 0 aliphatic heterocycles. The minimum Gasteiger partial charge on any atom is -0.480 e. The van der Waals surface area contributed by atoms with Crippen molar-refractivity contribution in [2.45, 2.75) is 13.8 Å². The Morgan fingerprint density at radius 1 is 1.22 bits per heavy atom. The summed E-state index contributed by atoms with van der Waals surface area (Å²) in [5.41, 5.74) is 2.37. The highest BCUT2D eigenvalue weighted by atomic mass is 35.5. The molecule has 0 amide bonds. The number of esters is 1. The third-order valence-electron chi connectivity index (χ3n) is 3.00. The van der Waals surface area contributed by atoms with Crippen LogP contribution in [0.4, 0.5) is 0 Å². The molecule has 2 rings (SSSR count). The number of pyridine rings is 1. The Labute approximate surface area is 140 Å². The van der Waals surface area contributed by atoms with E-state index in [1.807, 2.05) is 49.4 Å². The Hall–Kier alpha value is -2.33. The number of halogens is 1. The van der Waals surface area contributed by atoms with Crippen LogP contribution in [0.3, 0.4) is 0 Å². The van der Waals surface area contributed by atoms with Crippen LogP contribution >= 0.6 is 11.6 Å². The largest absolute Gasteiger partial charge is 0.480 e. The number of benzene rings is 1. The van der Waals surface area contributed by atoms with E-state index in [1.165, 1.54) is 0 Å².